The molecular formula is C14H18F3NO. The molecule has 0 atom stereocenters. The van der Waals surface area contributed by atoms with Crippen LogP contribution in [0, 0.1) is 5.92 Å². The van der Waals surface area contributed by atoms with E-state index in [1.165, 1.54) is 0 Å². The van der Waals surface area contributed by atoms with Crippen molar-refractivity contribution in [2.75, 3.05) is 5.32 Å². The third kappa shape index (κ3) is 3.62. The van der Waals surface area contributed by atoms with Crippen LogP contribution >= 0.6 is 0 Å². The van der Waals surface area contributed by atoms with E-state index in [9.17, 15) is 18.3 Å². The van der Waals surface area contributed by atoms with Gasteiger partial charge in [0.05, 0.1) is 12.5 Å². The highest BCUT2D eigenvalue weighted by Crippen LogP contribution is 2.38. The van der Waals surface area contributed by atoms with Crippen LogP contribution < -0.4 is 5.32 Å². The molecular weight excluding hydrogens is 255 g/mol. The van der Waals surface area contributed by atoms with Crippen molar-refractivity contribution >= 4 is 5.69 Å². The number of anilines is 1. The number of nitrogens with one attached hydrogen (secondary N) is 1. The first kappa shape index (κ1) is 14.2. The molecule has 1 aromatic rings. The molecule has 0 spiro atoms. The molecule has 1 saturated carbocycles. The first-order valence-corrected chi connectivity index (χ1v) is 6.52. The monoisotopic (exact) mass is 273 g/mol. The number of hydrogen-bond acceptors (Lipinski definition) is 2. The standard InChI is InChI=1S/C14H18F3NO/c15-14(16,17)11-5-7-12(8-6-11)18-13-4-2-1-3-10(13)9-19/h1-4,11-12,18-19H,5-9H2. The SMILES string of the molecule is OCc1ccccc1NC1CCC(C(F)(F)F)CC1. The smallest absolute Gasteiger partial charge is 0.391 e. The minimum absolute atomic E-state index is 0.0614. The van der Waals surface area contributed by atoms with Gasteiger partial charge in [-0.3, -0.25) is 0 Å². The normalized spacial score (nSPS) is 24.2. The van der Waals surface area contributed by atoms with Gasteiger partial charge in [-0.2, -0.15) is 13.2 Å². The van der Waals surface area contributed by atoms with E-state index in [1.54, 1.807) is 0 Å². The van der Waals surface area contributed by atoms with Crippen LogP contribution in [0.4, 0.5) is 18.9 Å². The first-order chi connectivity index (χ1) is 9.00. The lowest BCUT2D eigenvalue weighted by molar-refractivity contribution is -0.182. The molecule has 5 heteroatoms. The summed E-state index contributed by atoms with van der Waals surface area (Å²) in [6.45, 7) is -0.0684. The molecule has 0 radical (unpaired) electrons. The van der Waals surface area contributed by atoms with Gasteiger partial charge in [-0.05, 0) is 31.7 Å². The summed E-state index contributed by atoms with van der Waals surface area (Å²) in [4.78, 5) is 0. The zero-order valence-corrected chi connectivity index (χ0v) is 10.6. The van der Waals surface area contributed by atoms with Crippen LogP contribution in [0.5, 0.6) is 0 Å². The van der Waals surface area contributed by atoms with Crippen molar-refractivity contribution in [1.29, 1.82) is 0 Å². The Hall–Kier alpha value is -1.23. The summed E-state index contributed by atoms with van der Waals surface area (Å²) in [5, 5.41) is 12.5. The van der Waals surface area contributed by atoms with Gasteiger partial charge in [0.15, 0.2) is 0 Å². The van der Waals surface area contributed by atoms with Gasteiger partial charge in [-0.1, -0.05) is 18.2 Å². The summed E-state index contributed by atoms with van der Waals surface area (Å²) in [7, 11) is 0. The minimum Gasteiger partial charge on any atom is -0.392 e. The van der Waals surface area contributed by atoms with Crippen molar-refractivity contribution < 1.29 is 18.3 Å². The Morgan fingerprint density at radius 1 is 1.11 bits per heavy atom. The molecule has 0 aliphatic heterocycles. The highest BCUT2D eigenvalue weighted by Gasteiger charge is 2.41. The Morgan fingerprint density at radius 2 is 1.74 bits per heavy atom. The van der Waals surface area contributed by atoms with Crippen LogP contribution in [0.2, 0.25) is 0 Å². The average Bonchev–Trinajstić information content (AvgIpc) is 2.39. The molecule has 2 nitrogen and oxygen atoms in total. The molecule has 106 valence electrons. The fourth-order valence-corrected chi connectivity index (χ4v) is 2.58. The molecule has 2 rings (SSSR count). The Morgan fingerprint density at radius 3 is 2.32 bits per heavy atom. The lowest BCUT2D eigenvalue weighted by atomic mass is 9.85. The van der Waals surface area contributed by atoms with Crippen LogP contribution in [-0.4, -0.2) is 17.3 Å². The zero-order chi connectivity index (χ0) is 13.9. The van der Waals surface area contributed by atoms with E-state index in [2.05, 4.69) is 5.32 Å². The molecule has 19 heavy (non-hydrogen) atoms. The molecule has 0 amide bonds. The van der Waals surface area contributed by atoms with E-state index < -0.39 is 12.1 Å². The van der Waals surface area contributed by atoms with Crippen molar-refractivity contribution in [2.45, 2.75) is 44.5 Å². The zero-order valence-electron chi connectivity index (χ0n) is 10.6. The van der Waals surface area contributed by atoms with Gasteiger partial charge in [-0.25, -0.2) is 0 Å². The largest absolute Gasteiger partial charge is 0.392 e. The number of rotatable bonds is 3. The Bertz CT molecular complexity index is 411. The summed E-state index contributed by atoms with van der Waals surface area (Å²) in [5.41, 5.74) is 1.60. The van der Waals surface area contributed by atoms with Gasteiger partial charge < -0.3 is 10.4 Å². The van der Waals surface area contributed by atoms with Crippen LogP contribution in [0.25, 0.3) is 0 Å². The molecule has 1 aliphatic carbocycles. The van der Waals surface area contributed by atoms with Crippen LogP contribution in [0.3, 0.4) is 0 Å². The number of hydrogen-bond donors (Lipinski definition) is 2. The Balaban J connectivity index is 1.92. The van der Waals surface area contributed by atoms with Crippen molar-refractivity contribution in [2.24, 2.45) is 5.92 Å². The molecule has 0 heterocycles. The second kappa shape index (κ2) is 5.82. The summed E-state index contributed by atoms with van der Waals surface area (Å²) in [5.74, 6) is -1.15. The van der Waals surface area contributed by atoms with Gasteiger partial charge in [0.25, 0.3) is 0 Å². The number of aliphatic hydroxyl groups excluding tert-OH is 1. The maximum absolute atomic E-state index is 12.6. The summed E-state index contributed by atoms with van der Waals surface area (Å²) in [6.07, 6.45) is -2.66. The van der Waals surface area contributed by atoms with E-state index >= 15 is 0 Å². The van der Waals surface area contributed by atoms with E-state index in [0.717, 1.165) is 11.3 Å². The van der Waals surface area contributed by atoms with E-state index in [0.29, 0.717) is 12.8 Å². The third-order valence-corrected chi connectivity index (χ3v) is 3.74. The average molecular weight is 273 g/mol. The lowest BCUT2D eigenvalue weighted by Gasteiger charge is -2.31. The topological polar surface area (TPSA) is 32.3 Å². The number of aliphatic hydroxyl groups is 1. The second-order valence-electron chi connectivity index (χ2n) is 5.05. The maximum atomic E-state index is 12.6. The van der Waals surface area contributed by atoms with E-state index in [-0.39, 0.29) is 25.5 Å². The number of alkyl halides is 3. The van der Waals surface area contributed by atoms with Crippen LogP contribution in [0.1, 0.15) is 31.2 Å². The molecule has 0 aromatic heterocycles. The predicted octanol–water partition coefficient (Wildman–Crippen LogP) is 3.71. The van der Waals surface area contributed by atoms with Gasteiger partial charge in [-0.15, -0.1) is 0 Å². The molecule has 0 saturated heterocycles. The lowest BCUT2D eigenvalue weighted by Crippen LogP contribution is -2.33. The minimum atomic E-state index is -4.06. The fraction of sp³-hybridized carbons (Fsp3) is 0.571. The van der Waals surface area contributed by atoms with Crippen molar-refractivity contribution in [1.82, 2.24) is 0 Å². The highest BCUT2D eigenvalue weighted by atomic mass is 19.4. The van der Waals surface area contributed by atoms with Gasteiger partial charge in [0.2, 0.25) is 0 Å². The number of halogens is 3. The van der Waals surface area contributed by atoms with Crippen LogP contribution in [0.15, 0.2) is 24.3 Å². The van der Waals surface area contributed by atoms with Crippen molar-refractivity contribution in [3.63, 3.8) is 0 Å². The molecule has 1 aromatic carbocycles. The third-order valence-electron chi connectivity index (χ3n) is 3.74. The maximum Gasteiger partial charge on any atom is 0.391 e. The van der Waals surface area contributed by atoms with Crippen molar-refractivity contribution in [3.05, 3.63) is 29.8 Å². The Labute approximate surface area is 110 Å². The van der Waals surface area contributed by atoms with Gasteiger partial charge in [0, 0.05) is 17.3 Å². The highest BCUT2D eigenvalue weighted by molar-refractivity contribution is 5.51. The first-order valence-electron chi connectivity index (χ1n) is 6.52. The second-order valence-corrected chi connectivity index (χ2v) is 5.05. The molecule has 0 unspecified atom stereocenters. The van der Waals surface area contributed by atoms with Crippen molar-refractivity contribution in [3.8, 4) is 0 Å². The Kier molecular flexibility index (Phi) is 4.34. The van der Waals surface area contributed by atoms with Gasteiger partial charge >= 0.3 is 6.18 Å². The molecule has 2 N–H and O–H groups in total. The summed E-state index contributed by atoms with van der Waals surface area (Å²) < 4.78 is 37.7. The molecule has 1 fully saturated rings. The number of para-hydroxylation sites is 1. The molecule has 1 aliphatic rings. The fourth-order valence-electron chi connectivity index (χ4n) is 2.58. The summed E-state index contributed by atoms with van der Waals surface area (Å²) in [6, 6.07) is 7.40. The quantitative estimate of drug-likeness (QED) is 0.880. The number of benzene rings is 1. The van der Waals surface area contributed by atoms with E-state index in [4.69, 9.17) is 0 Å². The van der Waals surface area contributed by atoms with Crippen LogP contribution in [-0.2, 0) is 6.61 Å². The summed E-state index contributed by atoms with van der Waals surface area (Å²) >= 11 is 0. The molecule has 0 bridgehead atoms. The van der Waals surface area contributed by atoms with Gasteiger partial charge in [0.1, 0.15) is 0 Å². The predicted molar refractivity (Wildman–Crippen MR) is 67.8 cm³/mol. The van der Waals surface area contributed by atoms with E-state index in [1.807, 2.05) is 24.3 Å².